The summed E-state index contributed by atoms with van der Waals surface area (Å²) >= 11 is 0. The maximum absolute atomic E-state index is 12.2. The zero-order valence-corrected chi connectivity index (χ0v) is 11.8. The van der Waals surface area contributed by atoms with Crippen molar-refractivity contribution in [2.24, 2.45) is 0 Å². The summed E-state index contributed by atoms with van der Waals surface area (Å²) in [5, 5.41) is 0. The Kier molecular flexibility index (Phi) is 3.10. The molecule has 0 bridgehead atoms. The van der Waals surface area contributed by atoms with Crippen LogP contribution in [0, 0.1) is 6.92 Å². The summed E-state index contributed by atoms with van der Waals surface area (Å²) in [6, 6.07) is 10.0. The van der Waals surface area contributed by atoms with E-state index in [1.807, 2.05) is 6.92 Å². The van der Waals surface area contributed by atoms with Crippen LogP contribution in [0.4, 0.5) is 5.82 Å². The Bertz CT molecular complexity index is 740. The molecule has 2 heterocycles. The van der Waals surface area contributed by atoms with Gasteiger partial charge in [0.2, 0.25) is 0 Å². The molecule has 104 valence electrons. The van der Waals surface area contributed by atoms with Gasteiger partial charge in [-0.25, -0.2) is 13.4 Å². The molecule has 2 aromatic rings. The zero-order valence-electron chi connectivity index (χ0n) is 11.0. The molecule has 0 atom stereocenters. The number of anilines is 1. The third-order valence-electron chi connectivity index (χ3n) is 3.10. The number of pyridine rings is 1. The van der Waals surface area contributed by atoms with Gasteiger partial charge in [-0.2, -0.15) is 0 Å². The molecule has 1 aliphatic heterocycles. The van der Waals surface area contributed by atoms with E-state index in [-0.39, 0.29) is 4.90 Å². The molecule has 0 saturated heterocycles. The number of hydrogen-bond acceptors (Lipinski definition) is 4. The highest BCUT2D eigenvalue weighted by atomic mass is 32.2. The zero-order chi connectivity index (χ0) is 14.2. The normalized spacial score (nSPS) is 13.7. The summed E-state index contributed by atoms with van der Waals surface area (Å²) in [6.45, 7) is 2.50. The lowest BCUT2D eigenvalue weighted by molar-refractivity contribution is 0.357. The Morgan fingerprint density at radius 3 is 2.65 bits per heavy atom. The quantitative estimate of drug-likeness (QED) is 0.940. The van der Waals surface area contributed by atoms with Crippen molar-refractivity contribution in [2.45, 2.75) is 18.2 Å². The van der Waals surface area contributed by atoms with E-state index >= 15 is 0 Å². The number of aryl methyl sites for hydroxylation is 1. The van der Waals surface area contributed by atoms with Gasteiger partial charge in [-0.15, -0.1) is 0 Å². The minimum atomic E-state index is -3.60. The minimum Gasteiger partial charge on any atom is -0.491 e. The van der Waals surface area contributed by atoms with Gasteiger partial charge in [0, 0.05) is 6.42 Å². The molecule has 3 rings (SSSR count). The first-order chi connectivity index (χ1) is 9.54. The lowest BCUT2D eigenvalue weighted by atomic mass is 10.2. The largest absolute Gasteiger partial charge is 0.491 e. The molecule has 1 aliphatic rings. The molecule has 1 aromatic heterocycles. The maximum atomic E-state index is 12.2. The van der Waals surface area contributed by atoms with Crippen molar-refractivity contribution in [2.75, 3.05) is 11.3 Å². The van der Waals surface area contributed by atoms with E-state index in [1.54, 1.807) is 36.4 Å². The minimum absolute atomic E-state index is 0.224. The summed E-state index contributed by atoms with van der Waals surface area (Å²) in [7, 11) is -3.60. The highest BCUT2D eigenvalue weighted by molar-refractivity contribution is 7.92. The number of aromatic nitrogens is 1. The Morgan fingerprint density at radius 1 is 1.15 bits per heavy atom. The number of sulfonamides is 1. The fourth-order valence-electron chi connectivity index (χ4n) is 2.03. The number of hydrogen-bond donors (Lipinski definition) is 1. The standard InChI is InChI=1S/C14H14N2O3S/c1-10-2-4-11(5-3-10)20(17,18)16-14-7-6-13-12(15-14)8-9-19-13/h2-7H,8-9H2,1H3,(H,15,16). The molecular weight excluding hydrogens is 276 g/mol. The molecule has 0 amide bonds. The fourth-order valence-corrected chi connectivity index (χ4v) is 3.03. The van der Waals surface area contributed by atoms with Crippen LogP contribution in [0.1, 0.15) is 11.3 Å². The van der Waals surface area contributed by atoms with Gasteiger partial charge in [0.05, 0.1) is 17.2 Å². The second kappa shape index (κ2) is 4.79. The molecule has 0 radical (unpaired) electrons. The van der Waals surface area contributed by atoms with Crippen LogP contribution in [0.5, 0.6) is 5.75 Å². The van der Waals surface area contributed by atoms with Crippen molar-refractivity contribution in [1.29, 1.82) is 0 Å². The van der Waals surface area contributed by atoms with Crippen molar-refractivity contribution in [3.05, 3.63) is 47.7 Å². The number of nitrogens with zero attached hydrogens (tertiary/aromatic N) is 1. The summed E-state index contributed by atoms with van der Waals surface area (Å²) in [5.74, 6) is 1.04. The summed E-state index contributed by atoms with van der Waals surface area (Å²) in [6.07, 6.45) is 0.704. The van der Waals surface area contributed by atoms with Crippen LogP contribution in [0.3, 0.4) is 0 Å². The van der Waals surface area contributed by atoms with Crippen molar-refractivity contribution in [3.8, 4) is 5.75 Å². The Morgan fingerprint density at radius 2 is 1.90 bits per heavy atom. The molecule has 0 saturated carbocycles. The van der Waals surface area contributed by atoms with Crippen molar-refractivity contribution < 1.29 is 13.2 Å². The lowest BCUT2D eigenvalue weighted by Crippen LogP contribution is -2.14. The average Bonchev–Trinajstić information content (AvgIpc) is 2.86. The highest BCUT2D eigenvalue weighted by Crippen LogP contribution is 2.25. The van der Waals surface area contributed by atoms with Crippen LogP contribution in [-0.4, -0.2) is 20.0 Å². The smallest absolute Gasteiger partial charge is 0.263 e. The van der Waals surface area contributed by atoms with E-state index in [2.05, 4.69) is 9.71 Å². The Hall–Kier alpha value is -2.08. The third-order valence-corrected chi connectivity index (χ3v) is 4.47. The number of fused-ring (bicyclic) bond motifs is 1. The predicted octanol–water partition coefficient (Wildman–Crippen LogP) is 2.13. The molecule has 5 nitrogen and oxygen atoms in total. The van der Waals surface area contributed by atoms with Gasteiger partial charge < -0.3 is 4.74 Å². The van der Waals surface area contributed by atoms with E-state index in [0.717, 1.165) is 17.0 Å². The van der Waals surface area contributed by atoms with Crippen LogP contribution < -0.4 is 9.46 Å². The van der Waals surface area contributed by atoms with Crippen molar-refractivity contribution in [1.82, 2.24) is 4.98 Å². The first-order valence-electron chi connectivity index (χ1n) is 6.27. The van der Waals surface area contributed by atoms with E-state index in [1.165, 1.54) is 0 Å². The SMILES string of the molecule is Cc1ccc(S(=O)(=O)Nc2ccc3c(n2)CCO3)cc1. The summed E-state index contributed by atoms with van der Waals surface area (Å²) in [5.41, 5.74) is 1.80. The summed E-state index contributed by atoms with van der Waals surface area (Å²) in [4.78, 5) is 4.49. The van der Waals surface area contributed by atoms with Gasteiger partial charge in [-0.3, -0.25) is 4.72 Å². The van der Waals surface area contributed by atoms with Gasteiger partial charge in [0.1, 0.15) is 11.6 Å². The van der Waals surface area contributed by atoms with E-state index in [9.17, 15) is 8.42 Å². The first-order valence-corrected chi connectivity index (χ1v) is 7.75. The topological polar surface area (TPSA) is 68.3 Å². The molecule has 0 fully saturated rings. The molecular formula is C14H14N2O3S. The fraction of sp³-hybridized carbons (Fsp3) is 0.214. The van der Waals surface area contributed by atoms with Crippen molar-refractivity contribution in [3.63, 3.8) is 0 Å². The molecule has 20 heavy (non-hydrogen) atoms. The van der Waals surface area contributed by atoms with Gasteiger partial charge in [-0.1, -0.05) is 17.7 Å². The number of ether oxygens (including phenoxy) is 1. The van der Waals surface area contributed by atoms with Crippen LogP contribution in [-0.2, 0) is 16.4 Å². The number of rotatable bonds is 3. The number of nitrogens with one attached hydrogen (secondary N) is 1. The average molecular weight is 290 g/mol. The Labute approximate surface area is 117 Å². The van der Waals surface area contributed by atoms with E-state index in [4.69, 9.17) is 4.74 Å². The van der Waals surface area contributed by atoms with E-state index < -0.39 is 10.0 Å². The monoisotopic (exact) mass is 290 g/mol. The number of benzene rings is 1. The second-order valence-corrected chi connectivity index (χ2v) is 6.34. The molecule has 1 N–H and O–H groups in total. The molecule has 6 heteroatoms. The van der Waals surface area contributed by atoms with Crippen LogP contribution in [0.2, 0.25) is 0 Å². The Balaban J connectivity index is 1.88. The van der Waals surface area contributed by atoms with Crippen LogP contribution >= 0.6 is 0 Å². The van der Waals surface area contributed by atoms with Crippen LogP contribution in [0.25, 0.3) is 0 Å². The molecule has 0 unspecified atom stereocenters. The lowest BCUT2D eigenvalue weighted by Gasteiger charge is -2.08. The predicted molar refractivity (Wildman–Crippen MR) is 75.4 cm³/mol. The van der Waals surface area contributed by atoms with Gasteiger partial charge in [0.15, 0.2) is 0 Å². The van der Waals surface area contributed by atoms with Crippen molar-refractivity contribution >= 4 is 15.8 Å². The maximum Gasteiger partial charge on any atom is 0.263 e. The highest BCUT2D eigenvalue weighted by Gasteiger charge is 2.18. The van der Waals surface area contributed by atoms with Crippen LogP contribution in [0.15, 0.2) is 41.3 Å². The molecule has 0 spiro atoms. The van der Waals surface area contributed by atoms with Gasteiger partial charge in [-0.05, 0) is 31.2 Å². The second-order valence-electron chi connectivity index (χ2n) is 4.66. The van der Waals surface area contributed by atoms with Gasteiger partial charge in [0.25, 0.3) is 10.0 Å². The third kappa shape index (κ3) is 2.46. The first kappa shape index (κ1) is 12.9. The molecule has 1 aromatic carbocycles. The van der Waals surface area contributed by atoms with Gasteiger partial charge >= 0.3 is 0 Å². The van der Waals surface area contributed by atoms with E-state index in [0.29, 0.717) is 18.8 Å². The summed E-state index contributed by atoms with van der Waals surface area (Å²) < 4.78 is 32.3. The molecule has 0 aliphatic carbocycles.